The van der Waals surface area contributed by atoms with E-state index in [-0.39, 0.29) is 0 Å². The molecule has 2 saturated carbocycles. The summed E-state index contributed by atoms with van der Waals surface area (Å²) in [7, 11) is 0. The second-order valence-electron chi connectivity index (χ2n) is 5.79. The van der Waals surface area contributed by atoms with E-state index in [4.69, 9.17) is 0 Å². The van der Waals surface area contributed by atoms with Crippen molar-refractivity contribution in [2.45, 2.75) is 46.0 Å². The van der Waals surface area contributed by atoms with Crippen LogP contribution in [-0.4, -0.2) is 17.4 Å². The van der Waals surface area contributed by atoms with Crippen molar-refractivity contribution in [3.63, 3.8) is 0 Å². The van der Waals surface area contributed by atoms with E-state index in [1.165, 1.54) is 29.8 Å². The average Bonchev–Trinajstić information content (AvgIpc) is 2.74. The van der Waals surface area contributed by atoms with E-state index in [9.17, 15) is 4.79 Å². The van der Waals surface area contributed by atoms with Gasteiger partial charge in [-0.05, 0) is 38.0 Å². The minimum atomic E-state index is 0.290. The van der Waals surface area contributed by atoms with E-state index < -0.39 is 0 Å². The zero-order valence-electron chi connectivity index (χ0n) is 11.7. The number of hydrogen-bond donors (Lipinski definition) is 1. The SMILES string of the molecule is CCc1nc(CCNC(=O)C2[C@H]3CCC[C@@H]23)sc1C. The Morgan fingerprint density at radius 1 is 1.42 bits per heavy atom. The van der Waals surface area contributed by atoms with Gasteiger partial charge in [-0.15, -0.1) is 11.3 Å². The van der Waals surface area contributed by atoms with Crippen LogP contribution in [-0.2, 0) is 17.6 Å². The monoisotopic (exact) mass is 278 g/mol. The maximum Gasteiger partial charge on any atom is 0.223 e. The number of carbonyl (C=O) groups is 1. The molecular formula is C15H22N2OS. The fourth-order valence-electron chi connectivity index (χ4n) is 3.54. The molecule has 0 saturated heterocycles. The minimum absolute atomic E-state index is 0.290. The lowest BCUT2D eigenvalue weighted by molar-refractivity contribution is -0.123. The summed E-state index contributed by atoms with van der Waals surface area (Å²) < 4.78 is 0. The lowest BCUT2D eigenvalue weighted by atomic mass is 10.1. The van der Waals surface area contributed by atoms with E-state index in [1.54, 1.807) is 11.3 Å². The quantitative estimate of drug-likeness (QED) is 0.900. The predicted molar refractivity (Wildman–Crippen MR) is 77.3 cm³/mol. The molecule has 19 heavy (non-hydrogen) atoms. The zero-order valence-corrected chi connectivity index (χ0v) is 12.6. The summed E-state index contributed by atoms with van der Waals surface area (Å²) in [4.78, 5) is 17.9. The van der Waals surface area contributed by atoms with Gasteiger partial charge in [0.05, 0.1) is 10.7 Å². The van der Waals surface area contributed by atoms with E-state index in [0.29, 0.717) is 23.7 Å². The van der Waals surface area contributed by atoms with Crippen molar-refractivity contribution < 1.29 is 4.79 Å². The third kappa shape index (κ3) is 2.55. The summed E-state index contributed by atoms with van der Waals surface area (Å²) in [6, 6.07) is 0. The van der Waals surface area contributed by atoms with Crippen molar-refractivity contribution in [3.05, 3.63) is 15.6 Å². The van der Waals surface area contributed by atoms with Gasteiger partial charge in [-0.2, -0.15) is 0 Å². The van der Waals surface area contributed by atoms with Crippen molar-refractivity contribution in [3.8, 4) is 0 Å². The van der Waals surface area contributed by atoms with Crippen LogP contribution in [0.2, 0.25) is 0 Å². The summed E-state index contributed by atoms with van der Waals surface area (Å²) in [6.45, 7) is 5.01. The van der Waals surface area contributed by atoms with Gasteiger partial charge in [-0.1, -0.05) is 13.3 Å². The molecule has 1 N–H and O–H groups in total. The second-order valence-corrected chi connectivity index (χ2v) is 7.08. The van der Waals surface area contributed by atoms with Gasteiger partial charge in [-0.3, -0.25) is 4.79 Å². The van der Waals surface area contributed by atoms with Crippen molar-refractivity contribution in [2.24, 2.45) is 17.8 Å². The first kappa shape index (κ1) is 13.1. The largest absolute Gasteiger partial charge is 0.355 e. The molecule has 3 nitrogen and oxygen atoms in total. The lowest BCUT2D eigenvalue weighted by Gasteiger charge is -2.05. The minimum Gasteiger partial charge on any atom is -0.355 e. The van der Waals surface area contributed by atoms with Gasteiger partial charge in [0.2, 0.25) is 5.91 Å². The average molecular weight is 278 g/mol. The van der Waals surface area contributed by atoms with Gasteiger partial charge in [0.15, 0.2) is 0 Å². The number of amides is 1. The molecule has 1 amide bonds. The highest BCUT2D eigenvalue weighted by molar-refractivity contribution is 7.11. The number of aromatic nitrogens is 1. The third-order valence-electron chi connectivity index (χ3n) is 4.62. The fraction of sp³-hybridized carbons (Fsp3) is 0.733. The maximum atomic E-state index is 12.0. The standard InChI is InChI=1S/C15H22N2OS/c1-3-12-9(2)19-13(17-12)7-8-16-15(18)14-10-5-4-6-11(10)14/h10-11,14H,3-8H2,1-2H3,(H,16,18)/t10-,11+,14?. The van der Waals surface area contributed by atoms with E-state index in [1.807, 2.05) is 0 Å². The van der Waals surface area contributed by atoms with Crippen molar-refractivity contribution in [1.29, 1.82) is 0 Å². The molecule has 1 aromatic rings. The third-order valence-corrected chi connectivity index (χ3v) is 5.69. The Labute approximate surface area is 118 Å². The summed E-state index contributed by atoms with van der Waals surface area (Å²) in [6.07, 6.45) is 5.75. The smallest absolute Gasteiger partial charge is 0.223 e. The van der Waals surface area contributed by atoms with Crippen LogP contribution in [0.3, 0.4) is 0 Å². The number of aryl methyl sites for hydroxylation is 2. The number of fused-ring (bicyclic) bond motifs is 1. The summed E-state index contributed by atoms with van der Waals surface area (Å²) in [5.41, 5.74) is 1.21. The molecule has 0 aliphatic heterocycles. The zero-order chi connectivity index (χ0) is 13.4. The highest BCUT2D eigenvalue weighted by Gasteiger charge is 2.56. The fourth-order valence-corrected chi connectivity index (χ4v) is 4.56. The molecule has 3 rings (SSSR count). The van der Waals surface area contributed by atoms with Gasteiger partial charge in [0.25, 0.3) is 0 Å². The van der Waals surface area contributed by atoms with Crippen molar-refractivity contribution >= 4 is 17.2 Å². The molecule has 2 fully saturated rings. The molecule has 104 valence electrons. The topological polar surface area (TPSA) is 42.0 Å². The Bertz CT molecular complexity index is 472. The van der Waals surface area contributed by atoms with E-state index in [2.05, 4.69) is 24.1 Å². The Morgan fingerprint density at radius 3 is 2.79 bits per heavy atom. The van der Waals surface area contributed by atoms with Crippen LogP contribution in [0, 0.1) is 24.7 Å². The molecular weight excluding hydrogens is 256 g/mol. The Hall–Kier alpha value is -0.900. The van der Waals surface area contributed by atoms with E-state index in [0.717, 1.165) is 24.4 Å². The molecule has 4 heteroatoms. The van der Waals surface area contributed by atoms with Gasteiger partial charge in [0, 0.05) is 23.8 Å². The molecule has 2 aliphatic carbocycles. The molecule has 1 aromatic heterocycles. The van der Waals surface area contributed by atoms with Crippen LogP contribution in [0.15, 0.2) is 0 Å². The summed E-state index contributed by atoms with van der Waals surface area (Å²) in [5, 5.41) is 4.25. The number of hydrogen-bond acceptors (Lipinski definition) is 3. The molecule has 0 bridgehead atoms. The highest BCUT2D eigenvalue weighted by atomic mass is 32.1. The van der Waals surface area contributed by atoms with Gasteiger partial charge in [0.1, 0.15) is 0 Å². The van der Waals surface area contributed by atoms with Crippen molar-refractivity contribution in [2.75, 3.05) is 6.54 Å². The second kappa shape index (κ2) is 5.23. The number of rotatable bonds is 5. The number of nitrogens with zero attached hydrogens (tertiary/aromatic N) is 1. The molecule has 1 unspecified atom stereocenters. The highest BCUT2D eigenvalue weighted by Crippen LogP contribution is 2.57. The Balaban J connectivity index is 1.44. The first-order valence-electron chi connectivity index (χ1n) is 7.43. The van der Waals surface area contributed by atoms with Crippen LogP contribution in [0.25, 0.3) is 0 Å². The molecule has 0 spiro atoms. The van der Waals surface area contributed by atoms with Gasteiger partial charge < -0.3 is 5.32 Å². The Morgan fingerprint density at radius 2 is 2.16 bits per heavy atom. The maximum absolute atomic E-state index is 12.0. The number of thiazole rings is 1. The normalized spacial score (nSPS) is 28.2. The lowest BCUT2D eigenvalue weighted by Crippen LogP contribution is -2.28. The summed E-state index contributed by atoms with van der Waals surface area (Å²) >= 11 is 1.77. The first-order chi connectivity index (χ1) is 9.20. The number of carbonyl (C=O) groups excluding carboxylic acids is 1. The Kier molecular flexibility index (Phi) is 3.61. The van der Waals surface area contributed by atoms with E-state index >= 15 is 0 Å². The van der Waals surface area contributed by atoms with Crippen LogP contribution < -0.4 is 5.32 Å². The van der Waals surface area contributed by atoms with Crippen LogP contribution in [0.5, 0.6) is 0 Å². The van der Waals surface area contributed by atoms with Crippen LogP contribution in [0.4, 0.5) is 0 Å². The number of nitrogens with one attached hydrogen (secondary N) is 1. The van der Waals surface area contributed by atoms with Crippen LogP contribution >= 0.6 is 11.3 Å². The molecule has 0 radical (unpaired) electrons. The van der Waals surface area contributed by atoms with Gasteiger partial charge in [-0.25, -0.2) is 4.98 Å². The molecule has 1 heterocycles. The van der Waals surface area contributed by atoms with Gasteiger partial charge >= 0.3 is 0 Å². The van der Waals surface area contributed by atoms with Crippen molar-refractivity contribution in [1.82, 2.24) is 10.3 Å². The molecule has 3 atom stereocenters. The summed E-state index contributed by atoms with van der Waals surface area (Å²) in [5.74, 6) is 2.07. The predicted octanol–water partition coefficient (Wildman–Crippen LogP) is 2.72. The first-order valence-corrected chi connectivity index (χ1v) is 8.25. The molecule has 0 aromatic carbocycles. The molecule has 2 aliphatic rings. The van der Waals surface area contributed by atoms with Crippen LogP contribution in [0.1, 0.15) is 41.8 Å².